The molecule has 3 aromatic carbocycles. The standard InChI is InChI=1S/C27H23Cl2FN2O4S/c1-34-12-11-32-26(33)24(37-27(32)31-20-7-9-21(35-2)10-8-20)15-18-13-22(28)25(23(29)14-18)36-16-17-3-5-19(30)6-4-17/h3-10,13-15H,11-12,16H2,1-2H3/b24-15-,31-27?. The summed E-state index contributed by atoms with van der Waals surface area (Å²) in [6.45, 7) is 0.888. The Bertz CT molecular complexity index is 1310. The second-order valence-electron chi connectivity index (χ2n) is 7.88. The molecule has 0 unspecified atom stereocenters. The average molecular weight is 561 g/mol. The Morgan fingerprint density at radius 3 is 2.32 bits per heavy atom. The van der Waals surface area contributed by atoms with Crippen molar-refractivity contribution in [2.45, 2.75) is 6.61 Å². The molecule has 1 heterocycles. The minimum absolute atomic E-state index is 0.175. The molecule has 0 aliphatic carbocycles. The van der Waals surface area contributed by atoms with Gasteiger partial charge in [0.2, 0.25) is 0 Å². The van der Waals surface area contributed by atoms with Gasteiger partial charge in [-0.05, 0) is 77.5 Å². The van der Waals surface area contributed by atoms with E-state index in [1.165, 1.54) is 23.9 Å². The number of benzene rings is 3. The largest absolute Gasteiger partial charge is 0.497 e. The van der Waals surface area contributed by atoms with Crippen LogP contribution in [0.2, 0.25) is 10.0 Å². The maximum atomic E-state index is 13.2. The normalized spacial score (nSPS) is 15.6. The highest BCUT2D eigenvalue weighted by atomic mass is 35.5. The number of rotatable bonds is 9. The molecule has 1 fully saturated rings. The summed E-state index contributed by atoms with van der Waals surface area (Å²) in [6, 6.07) is 16.6. The van der Waals surface area contributed by atoms with Crippen LogP contribution >= 0.6 is 35.0 Å². The molecule has 1 aliphatic heterocycles. The molecule has 0 radical (unpaired) electrons. The first-order valence-corrected chi connectivity index (χ1v) is 12.7. The van der Waals surface area contributed by atoms with Crippen molar-refractivity contribution >= 4 is 57.8 Å². The van der Waals surface area contributed by atoms with E-state index >= 15 is 0 Å². The van der Waals surface area contributed by atoms with Crippen molar-refractivity contribution in [1.82, 2.24) is 4.90 Å². The molecule has 192 valence electrons. The fourth-order valence-electron chi connectivity index (χ4n) is 3.43. The SMILES string of the molecule is COCCN1C(=O)/C(=C/c2cc(Cl)c(OCc3ccc(F)cc3)c(Cl)c2)SC1=Nc1ccc(OC)cc1. The van der Waals surface area contributed by atoms with Crippen molar-refractivity contribution in [1.29, 1.82) is 0 Å². The van der Waals surface area contributed by atoms with Crippen LogP contribution in [-0.2, 0) is 16.1 Å². The smallest absolute Gasteiger partial charge is 0.266 e. The van der Waals surface area contributed by atoms with Crippen LogP contribution < -0.4 is 9.47 Å². The van der Waals surface area contributed by atoms with Gasteiger partial charge in [-0.2, -0.15) is 0 Å². The third-order valence-corrected chi connectivity index (χ3v) is 6.89. The van der Waals surface area contributed by atoms with E-state index in [4.69, 9.17) is 37.4 Å². The number of amidine groups is 1. The number of aliphatic imine (C=N–C) groups is 1. The first kappa shape index (κ1) is 27.0. The van der Waals surface area contributed by atoms with Gasteiger partial charge in [0, 0.05) is 7.11 Å². The third kappa shape index (κ3) is 6.84. The van der Waals surface area contributed by atoms with Crippen molar-refractivity contribution in [2.75, 3.05) is 27.4 Å². The van der Waals surface area contributed by atoms with Gasteiger partial charge in [0.1, 0.15) is 18.2 Å². The lowest BCUT2D eigenvalue weighted by atomic mass is 10.2. The van der Waals surface area contributed by atoms with Gasteiger partial charge in [-0.3, -0.25) is 9.69 Å². The Hall–Kier alpha value is -3.04. The predicted molar refractivity (Wildman–Crippen MR) is 146 cm³/mol. The number of thioether (sulfide) groups is 1. The van der Waals surface area contributed by atoms with Gasteiger partial charge in [0.15, 0.2) is 10.9 Å². The molecule has 6 nitrogen and oxygen atoms in total. The molecular weight excluding hydrogens is 538 g/mol. The number of halogens is 3. The second kappa shape index (κ2) is 12.5. The molecule has 3 aromatic rings. The zero-order chi connectivity index (χ0) is 26.4. The van der Waals surface area contributed by atoms with E-state index < -0.39 is 0 Å². The van der Waals surface area contributed by atoms with Crippen LogP contribution in [0.3, 0.4) is 0 Å². The van der Waals surface area contributed by atoms with E-state index in [1.54, 1.807) is 61.6 Å². The quantitative estimate of drug-likeness (QED) is 0.264. The van der Waals surface area contributed by atoms with Gasteiger partial charge in [0.05, 0.1) is 40.9 Å². The number of nitrogens with zero attached hydrogens (tertiary/aromatic N) is 2. The Morgan fingerprint density at radius 2 is 1.70 bits per heavy atom. The molecule has 1 aliphatic rings. The number of methoxy groups -OCH3 is 2. The summed E-state index contributed by atoms with van der Waals surface area (Å²) in [7, 11) is 3.17. The van der Waals surface area contributed by atoms with Crippen molar-refractivity contribution < 1.29 is 23.4 Å². The Morgan fingerprint density at radius 1 is 1.03 bits per heavy atom. The van der Waals surface area contributed by atoms with Crippen molar-refractivity contribution in [3.05, 3.63) is 92.6 Å². The monoisotopic (exact) mass is 560 g/mol. The van der Waals surface area contributed by atoms with Crippen LogP contribution in [0.25, 0.3) is 6.08 Å². The molecule has 0 bridgehead atoms. The molecule has 0 spiro atoms. The lowest BCUT2D eigenvalue weighted by molar-refractivity contribution is -0.122. The number of amides is 1. The van der Waals surface area contributed by atoms with Crippen molar-refractivity contribution in [3.63, 3.8) is 0 Å². The topological polar surface area (TPSA) is 60.4 Å². The van der Waals surface area contributed by atoms with Crippen LogP contribution in [0.5, 0.6) is 11.5 Å². The number of hydrogen-bond acceptors (Lipinski definition) is 6. The first-order valence-electron chi connectivity index (χ1n) is 11.2. The van der Waals surface area contributed by atoms with E-state index in [9.17, 15) is 9.18 Å². The van der Waals surface area contributed by atoms with Gasteiger partial charge in [-0.25, -0.2) is 9.38 Å². The molecule has 37 heavy (non-hydrogen) atoms. The van der Waals surface area contributed by atoms with Crippen molar-refractivity contribution in [2.24, 2.45) is 4.99 Å². The van der Waals surface area contributed by atoms with E-state index in [1.807, 2.05) is 12.1 Å². The van der Waals surface area contributed by atoms with Crippen LogP contribution in [0.15, 0.2) is 70.6 Å². The number of ether oxygens (including phenoxy) is 3. The fraction of sp³-hybridized carbons (Fsp3) is 0.185. The van der Waals surface area contributed by atoms with Crippen LogP contribution in [0.1, 0.15) is 11.1 Å². The molecule has 0 aromatic heterocycles. The highest BCUT2D eigenvalue weighted by Gasteiger charge is 2.33. The summed E-state index contributed by atoms with van der Waals surface area (Å²) in [4.78, 5) is 19.9. The Balaban J connectivity index is 1.56. The summed E-state index contributed by atoms with van der Waals surface area (Å²) in [5, 5.41) is 1.12. The van der Waals surface area contributed by atoms with Gasteiger partial charge in [0.25, 0.3) is 5.91 Å². The molecular formula is C27H23Cl2FN2O4S. The van der Waals surface area contributed by atoms with Crippen molar-refractivity contribution in [3.8, 4) is 11.5 Å². The molecule has 1 saturated heterocycles. The molecule has 1 amide bonds. The van der Waals surface area contributed by atoms with Gasteiger partial charge in [-0.1, -0.05) is 35.3 Å². The lowest BCUT2D eigenvalue weighted by Gasteiger charge is -2.14. The molecule has 0 atom stereocenters. The van der Waals surface area contributed by atoms with Gasteiger partial charge < -0.3 is 14.2 Å². The van der Waals surface area contributed by atoms with E-state index in [2.05, 4.69) is 4.99 Å². The summed E-state index contributed by atoms with van der Waals surface area (Å²) in [5.41, 5.74) is 2.10. The maximum Gasteiger partial charge on any atom is 0.266 e. The summed E-state index contributed by atoms with van der Waals surface area (Å²) >= 11 is 14.2. The minimum atomic E-state index is -0.325. The molecule has 0 saturated carbocycles. The predicted octanol–water partition coefficient (Wildman–Crippen LogP) is 6.97. The highest BCUT2D eigenvalue weighted by molar-refractivity contribution is 8.18. The van der Waals surface area contributed by atoms with E-state index in [0.29, 0.717) is 50.3 Å². The zero-order valence-corrected chi connectivity index (χ0v) is 22.4. The van der Waals surface area contributed by atoms with Crippen LogP contribution in [-0.4, -0.2) is 43.3 Å². The fourth-order valence-corrected chi connectivity index (χ4v) is 5.06. The maximum absolute atomic E-state index is 13.2. The molecule has 4 rings (SSSR count). The zero-order valence-electron chi connectivity index (χ0n) is 20.0. The van der Waals surface area contributed by atoms with E-state index in [-0.39, 0.29) is 18.3 Å². The number of carbonyl (C=O) groups is 1. The van der Waals surface area contributed by atoms with Crippen LogP contribution in [0, 0.1) is 5.82 Å². The first-order chi connectivity index (χ1) is 17.9. The number of hydrogen-bond donors (Lipinski definition) is 0. The minimum Gasteiger partial charge on any atom is -0.497 e. The summed E-state index contributed by atoms with van der Waals surface area (Å²) in [6.07, 6.45) is 1.71. The van der Waals surface area contributed by atoms with E-state index in [0.717, 1.165) is 11.3 Å². The van der Waals surface area contributed by atoms with Gasteiger partial charge in [-0.15, -0.1) is 0 Å². The Kier molecular flexibility index (Phi) is 9.10. The average Bonchev–Trinajstić information content (AvgIpc) is 3.17. The van der Waals surface area contributed by atoms with Gasteiger partial charge >= 0.3 is 0 Å². The highest BCUT2D eigenvalue weighted by Crippen LogP contribution is 2.38. The Labute approximate surface area is 228 Å². The molecule has 0 N–H and O–H groups in total. The second-order valence-corrected chi connectivity index (χ2v) is 9.70. The lowest BCUT2D eigenvalue weighted by Crippen LogP contribution is -2.32. The number of carbonyl (C=O) groups excluding carboxylic acids is 1. The third-order valence-electron chi connectivity index (χ3n) is 5.32. The summed E-state index contributed by atoms with van der Waals surface area (Å²) in [5.74, 6) is 0.506. The summed E-state index contributed by atoms with van der Waals surface area (Å²) < 4.78 is 29.3. The molecule has 10 heteroatoms. The van der Waals surface area contributed by atoms with Crippen LogP contribution in [0.4, 0.5) is 10.1 Å².